The van der Waals surface area contributed by atoms with Crippen LogP contribution in [0.2, 0.25) is 0 Å². The van der Waals surface area contributed by atoms with E-state index in [1.807, 2.05) is 10.8 Å². The molecule has 1 unspecified atom stereocenters. The summed E-state index contributed by atoms with van der Waals surface area (Å²) >= 11 is 0. The SMILES string of the molecule is CC(Cn1ccnc1)NCCOc1ccc(C(=O)O)cc1. The predicted molar refractivity (Wildman–Crippen MR) is 78.6 cm³/mol. The van der Waals surface area contributed by atoms with Crippen LogP contribution >= 0.6 is 0 Å². The van der Waals surface area contributed by atoms with Gasteiger partial charge in [-0.05, 0) is 31.2 Å². The van der Waals surface area contributed by atoms with Gasteiger partial charge in [-0.15, -0.1) is 0 Å². The first-order valence-corrected chi connectivity index (χ1v) is 6.80. The number of imidazole rings is 1. The summed E-state index contributed by atoms with van der Waals surface area (Å²) in [6, 6.07) is 6.72. The van der Waals surface area contributed by atoms with E-state index in [4.69, 9.17) is 9.84 Å². The Kier molecular flexibility index (Phi) is 5.34. The molecule has 112 valence electrons. The molecule has 1 aromatic heterocycles. The summed E-state index contributed by atoms with van der Waals surface area (Å²) in [7, 11) is 0. The van der Waals surface area contributed by atoms with E-state index in [0.29, 0.717) is 18.4 Å². The van der Waals surface area contributed by atoms with Crippen molar-refractivity contribution in [3.05, 3.63) is 48.5 Å². The molecule has 0 fully saturated rings. The van der Waals surface area contributed by atoms with E-state index >= 15 is 0 Å². The van der Waals surface area contributed by atoms with E-state index in [-0.39, 0.29) is 5.56 Å². The van der Waals surface area contributed by atoms with E-state index < -0.39 is 5.97 Å². The Balaban J connectivity index is 1.66. The maximum Gasteiger partial charge on any atom is 0.335 e. The van der Waals surface area contributed by atoms with Gasteiger partial charge in [0.15, 0.2) is 0 Å². The van der Waals surface area contributed by atoms with Crippen molar-refractivity contribution in [1.82, 2.24) is 14.9 Å². The number of carbonyl (C=O) groups is 1. The zero-order valence-electron chi connectivity index (χ0n) is 11.9. The van der Waals surface area contributed by atoms with Crippen molar-refractivity contribution in [1.29, 1.82) is 0 Å². The topological polar surface area (TPSA) is 76.4 Å². The van der Waals surface area contributed by atoms with Crippen LogP contribution in [-0.4, -0.2) is 39.8 Å². The third-order valence-electron chi connectivity index (χ3n) is 3.01. The van der Waals surface area contributed by atoms with Crippen LogP contribution in [0.4, 0.5) is 0 Å². The van der Waals surface area contributed by atoms with Gasteiger partial charge in [0.25, 0.3) is 0 Å². The van der Waals surface area contributed by atoms with Crippen LogP contribution in [0.5, 0.6) is 5.75 Å². The van der Waals surface area contributed by atoms with Crippen LogP contribution in [0.3, 0.4) is 0 Å². The standard InChI is InChI=1S/C15H19N3O3/c1-12(10-18-8-6-16-11-18)17-7-9-21-14-4-2-13(3-5-14)15(19)20/h2-6,8,11-12,17H,7,9-10H2,1H3,(H,19,20). The quantitative estimate of drug-likeness (QED) is 0.722. The highest BCUT2D eigenvalue weighted by molar-refractivity contribution is 5.87. The summed E-state index contributed by atoms with van der Waals surface area (Å²) < 4.78 is 7.57. The number of aromatic nitrogens is 2. The van der Waals surface area contributed by atoms with Gasteiger partial charge in [-0.25, -0.2) is 9.78 Å². The molecule has 2 aromatic rings. The molecule has 0 aliphatic rings. The summed E-state index contributed by atoms with van der Waals surface area (Å²) in [6.07, 6.45) is 5.48. The summed E-state index contributed by atoms with van der Waals surface area (Å²) in [5.74, 6) is -0.263. The van der Waals surface area contributed by atoms with Gasteiger partial charge in [0.1, 0.15) is 12.4 Å². The third-order valence-corrected chi connectivity index (χ3v) is 3.01. The minimum atomic E-state index is -0.934. The molecule has 1 atom stereocenters. The van der Waals surface area contributed by atoms with Gasteiger partial charge in [0.2, 0.25) is 0 Å². The van der Waals surface area contributed by atoms with Crippen molar-refractivity contribution < 1.29 is 14.6 Å². The average molecular weight is 289 g/mol. The molecule has 0 saturated carbocycles. The van der Waals surface area contributed by atoms with E-state index in [1.54, 1.807) is 24.7 Å². The highest BCUT2D eigenvalue weighted by atomic mass is 16.5. The fourth-order valence-corrected chi connectivity index (χ4v) is 1.94. The monoisotopic (exact) mass is 289 g/mol. The minimum Gasteiger partial charge on any atom is -0.492 e. The Labute approximate surface area is 123 Å². The normalized spacial score (nSPS) is 12.0. The molecule has 0 aliphatic heterocycles. The van der Waals surface area contributed by atoms with Gasteiger partial charge in [-0.1, -0.05) is 0 Å². The predicted octanol–water partition coefficient (Wildman–Crippen LogP) is 1.64. The van der Waals surface area contributed by atoms with Crippen LogP contribution in [0.25, 0.3) is 0 Å². The maximum absolute atomic E-state index is 10.7. The van der Waals surface area contributed by atoms with E-state index in [1.165, 1.54) is 12.1 Å². The smallest absolute Gasteiger partial charge is 0.335 e. The first-order valence-electron chi connectivity index (χ1n) is 6.80. The van der Waals surface area contributed by atoms with Crippen molar-refractivity contribution in [3.63, 3.8) is 0 Å². The van der Waals surface area contributed by atoms with Crippen molar-refractivity contribution in [2.75, 3.05) is 13.2 Å². The Morgan fingerprint density at radius 3 is 2.81 bits per heavy atom. The van der Waals surface area contributed by atoms with Crippen molar-refractivity contribution in [2.24, 2.45) is 0 Å². The molecule has 0 spiro atoms. The molecule has 0 saturated heterocycles. The number of hydrogen-bond acceptors (Lipinski definition) is 4. The molecule has 0 aliphatic carbocycles. The molecule has 2 rings (SSSR count). The largest absolute Gasteiger partial charge is 0.492 e. The highest BCUT2D eigenvalue weighted by Crippen LogP contribution is 2.11. The number of hydrogen-bond donors (Lipinski definition) is 2. The van der Waals surface area contributed by atoms with Crippen LogP contribution < -0.4 is 10.1 Å². The number of rotatable bonds is 8. The first-order chi connectivity index (χ1) is 10.1. The average Bonchev–Trinajstić information content (AvgIpc) is 2.97. The molecule has 0 amide bonds. The molecular formula is C15H19N3O3. The fraction of sp³-hybridized carbons (Fsp3) is 0.333. The number of nitrogens with one attached hydrogen (secondary N) is 1. The number of nitrogens with zero attached hydrogens (tertiary/aromatic N) is 2. The Morgan fingerprint density at radius 1 is 1.43 bits per heavy atom. The van der Waals surface area contributed by atoms with Crippen molar-refractivity contribution in [2.45, 2.75) is 19.5 Å². The number of ether oxygens (including phenoxy) is 1. The van der Waals surface area contributed by atoms with Crippen molar-refractivity contribution >= 4 is 5.97 Å². The van der Waals surface area contributed by atoms with Gasteiger partial charge in [-0.3, -0.25) is 0 Å². The Morgan fingerprint density at radius 2 is 2.19 bits per heavy atom. The Bertz CT molecular complexity index is 552. The molecule has 21 heavy (non-hydrogen) atoms. The first kappa shape index (κ1) is 15.1. The second-order valence-electron chi connectivity index (χ2n) is 4.79. The van der Waals surface area contributed by atoms with E-state index in [2.05, 4.69) is 17.2 Å². The van der Waals surface area contributed by atoms with Gasteiger partial charge in [0.05, 0.1) is 11.9 Å². The van der Waals surface area contributed by atoms with Crippen molar-refractivity contribution in [3.8, 4) is 5.75 Å². The maximum atomic E-state index is 10.7. The van der Waals surface area contributed by atoms with Crippen LogP contribution in [0.15, 0.2) is 43.0 Å². The molecule has 6 heteroatoms. The lowest BCUT2D eigenvalue weighted by Crippen LogP contribution is -2.33. The Hall–Kier alpha value is -2.34. The van der Waals surface area contributed by atoms with E-state index in [0.717, 1.165) is 13.1 Å². The van der Waals surface area contributed by atoms with E-state index in [9.17, 15) is 4.79 Å². The second-order valence-corrected chi connectivity index (χ2v) is 4.79. The summed E-state index contributed by atoms with van der Waals surface area (Å²) in [6.45, 7) is 4.20. The number of aromatic carboxylic acids is 1. The molecule has 1 aromatic carbocycles. The zero-order chi connectivity index (χ0) is 15.1. The van der Waals surface area contributed by atoms with Crippen LogP contribution in [0, 0.1) is 0 Å². The molecular weight excluding hydrogens is 270 g/mol. The summed E-state index contributed by atoms with van der Waals surface area (Å²) in [5, 5.41) is 12.2. The number of benzene rings is 1. The molecule has 0 radical (unpaired) electrons. The second kappa shape index (κ2) is 7.44. The fourth-order valence-electron chi connectivity index (χ4n) is 1.94. The lowest BCUT2D eigenvalue weighted by Gasteiger charge is -2.14. The third kappa shape index (κ3) is 4.92. The lowest BCUT2D eigenvalue weighted by molar-refractivity contribution is 0.0697. The summed E-state index contributed by atoms with van der Waals surface area (Å²) in [5.41, 5.74) is 0.259. The van der Waals surface area contributed by atoms with Gasteiger partial charge < -0.3 is 19.7 Å². The van der Waals surface area contributed by atoms with Gasteiger partial charge in [-0.2, -0.15) is 0 Å². The minimum absolute atomic E-state index is 0.259. The molecule has 2 N–H and O–H groups in total. The summed E-state index contributed by atoms with van der Waals surface area (Å²) in [4.78, 5) is 14.7. The molecule has 1 heterocycles. The highest BCUT2D eigenvalue weighted by Gasteiger charge is 2.03. The van der Waals surface area contributed by atoms with Crippen LogP contribution in [-0.2, 0) is 6.54 Å². The number of carboxylic acids is 1. The molecule has 0 bridgehead atoms. The number of carboxylic acid groups (broad SMARTS) is 1. The lowest BCUT2D eigenvalue weighted by atomic mass is 10.2. The molecule has 6 nitrogen and oxygen atoms in total. The van der Waals surface area contributed by atoms with Gasteiger partial charge in [0, 0.05) is 31.5 Å². The van der Waals surface area contributed by atoms with Crippen LogP contribution in [0.1, 0.15) is 17.3 Å². The van der Waals surface area contributed by atoms with Gasteiger partial charge >= 0.3 is 5.97 Å². The zero-order valence-corrected chi connectivity index (χ0v) is 11.9.